The summed E-state index contributed by atoms with van der Waals surface area (Å²) in [6.45, 7) is 0.789. The number of nitrogen functional groups attached to an aromatic ring is 1. The molecule has 22 heavy (non-hydrogen) atoms. The Bertz CT molecular complexity index is 685. The molecule has 0 amide bonds. The van der Waals surface area contributed by atoms with E-state index in [-0.39, 0.29) is 24.8 Å². The standard InChI is InChI=1S/C14H14N4S2.2ClH/c15-13-18-11(9-19-13)6-12-8-17-14(20-12)16-7-10-4-2-1-3-5-10;;/h1-5,8-9H,6-7H2,(H2,15,18)(H,16,17);2*1H. The zero-order valence-corrected chi connectivity index (χ0v) is 14.8. The molecule has 3 N–H and O–H groups in total. The highest BCUT2D eigenvalue weighted by Crippen LogP contribution is 2.22. The average molecular weight is 375 g/mol. The van der Waals surface area contributed by atoms with Gasteiger partial charge in [0.1, 0.15) is 0 Å². The number of hydrogen-bond acceptors (Lipinski definition) is 6. The molecule has 0 radical (unpaired) electrons. The fourth-order valence-electron chi connectivity index (χ4n) is 1.83. The number of halogens is 2. The number of aromatic nitrogens is 2. The van der Waals surface area contributed by atoms with Crippen molar-refractivity contribution in [3.05, 3.63) is 58.0 Å². The molecule has 0 bridgehead atoms. The lowest BCUT2D eigenvalue weighted by atomic mass is 10.2. The van der Waals surface area contributed by atoms with Crippen molar-refractivity contribution < 1.29 is 0 Å². The minimum atomic E-state index is 0. The first-order valence-electron chi connectivity index (χ1n) is 6.22. The maximum atomic E-state index is 5.63. The van der Waals surface area contributed by atoms with Crippen molar-refractivity contribution in [1.82, 2.24) is 9.97 Å². The van der Waals surface area contributed by atoms with E-state index in [1.165, 1.54) is 21.8 Å². The van der Waals surface area contributed by atoms with Gasteiger partial charge in [0, 0.05) is 29.4 Å². The lowest BCUT2D eigenvalue weighted by Crippen LogP contribution is -1.97. The van der Waals surface area contributed by atoms with Crippen molar-refractivity contribution in [2.24, 2.45) is 0 Å². The van der Waals surface area contributed by atoms with Crippen LogP contribution in [0.1, 0.15) is 16.1 Å². The van der Waals surface area contributed by atoms with Crippen LogP contribution < -0.4 is 11.1 Å². The topological polar surface area (TPSA) is 63.8 Å². The normalized spacial score (nSPS) is 9.64. The summed E-state index contributed by atoms with van der Waals surface area (Å²) >= 11 is 3.13. The molecule has 0 saturated heterocycles. The van der Waals surface area contributed by atoms with Gasteiger partial charge in [-0.3, -0.25) is 0 Å². The number of rotatable bonds is 5. The number of benzene rings is 1. The van der Waals surface area contributed by atoms with Gasteiger partial charge in [0.15, 0.2) is 10.3 Å². The molecule has 3 rings (SSSR count). The molecular weight excluding hydrogens is 359 g/mol. The molecule has 0 aliphatic heterocycles. The molecular formula is C14H16Cl2N4S2. The second kappa shape index (κ2) is 8.95. The Morgan fingerprint density at radius 1 is 1.14 bits per heavy atom. The Kier molecular flexibility index (Phi) is 7.61. The van der Waals surface area contributed by atoms with Crippen molar-refractivity contribution in [2.75, 3.05) is 11.1 Å². The summed E-state index contributed by atoms with van der Waals surface area (Å²) in [6.07, 6.45) is 2.69. The van der Waals surface area contributed by atoms with Crippen LogP contribution in [0, 0.1) is 0 Å². The van der Waals surface area contributed by atoms with Crippen LogP contribution in [0.4, 0.5) is 10.3 Å². The predicted molar refractivity (Wildman–Crippen MR) is 99.7 cm³/mol. The highest BCUT2D eigenvalue weighted by atomic mass is 35.5. The van der Waals surface area contributed by atoms with Gasteiger partial charge in [0.05, 0.1) is 5.69 Å². The highest BCUT2D eigenvalue weighted by Gasteiger charge is 2.05. The van der Waals surface area contributed by atoms with E-state index in [4.69, 9.17) is 5.73 Å². The molecule has 0 aliphatic carbocycles. The largest absolute Gasteiger partial charge is 0.375 e. The van der Waals surface area contributed by atoms with E-state index in [2.05, 4.69) is 27.4 Å². The smallest absolute Gasteiger partial charge is 0.183 e. The minimum Gasteiger partial charge on any atom is -0.375 e. The molecule has 0 atom stereocenters. The fourth-order valence-corrected chi connectivity index (χ4v) is 3.21. The summed E-state index contributed by atoms with van der Waals surface area (Å²) < 4.78 is 0. The average Bonchev–Trinajstić information content (AvgIpc) is 3.08. The second-order valence-electron chi connectivity index (χ2n) is 4.32. The summed E-state index contributed by atoms with van der Waals surface area (Å²) in [4.78, 5) is 9.84. The van der Waals surface area contributed by atoms with E-state index in [0.717, 1.165) is 23.8 Å². The first-order valence-corrected chi connectivity index (χ1v) is 7.91. The molecule has 1 aromatic carbocycles. The first kappa shape index (κ1) is 18.7. The van der Waals surface area contributed by atoms with Crippen LogP contribution in [0.15, 0.2) is 41.9 Å². The van der Waals surface area contributed by atoms with E-state index in [1.807, 2.05) is 29.8 Å². The van der Waals surface area contributed by atoms with Crippen molar-refractivity contribution in [1.29, 1.82) is 0 Å². The Morgan fingerprint density at radius 2 is 1.91 bits per heavy atom. The third kappa shape index (κ3) is 5.14. The lowest BCUT2D eigenvalue weighted by molar-refractivity contribution is 1.12. The predicted octanol–water partition coefficient (Wildman–Crippen LogP) is 4.23. The van der Waals surface area contributed by atoms with E-state index in [9.17, 15) is 0 Å². The Morgan fingerprint density at radius 3 is 2.59 bits per heavy atom. The second-order valence-corrected chi connectivity index (χ2v) is 6.33. The third-order valence-electron chi connectivity index (χ3n) is 2.76. The molecule has 8 heteroatoms. The van der Waals surface area contributed by atoms with Crippen LogP contribution in [-0.2, 0) is 13.0 Å². The van der Waals surface area contributed by atoms with Gasteiger partial charge in [-0.1, -0.05) is 30.3 Å². The van der Waals surface area contributed by atoms with E-state index in [0.29, 0.717) is 5.13 Å². The van der Waals surface area contributed by atoms with Gasteiger partial charge in [-0.05, 0) is 5.56 Å². The number of nitrogens with one attached hydrogen (secondary N) is 1. The van der Waals surface area contributed by atoms with Crippen LogP contribution in [0.5, 0.6) is 0 Å². The lowest BCUT2D eigenvalue weighted by Gasteiger charge is -2.01. The zero-order chi connectivity index (χ0) is 13.8. The molecule has 2 heterocycles. The monoisotopic (exact) mass is 374 g/mol. The van der Waals surface area contributed by atoms with Gasteiger partial charge in [0.2, 0.25) is 0 Å². The maximum absolute atomic E-state index is 5.63. The van der Waals surface area contributed by atoms with Gasteiger partial charge in [-0.25, -0.2) is 9.97 Å². The molecule has 0 saturated carbocycles. The van der Waals surface area contributed by atoms with Crippen LogP contribution in [0.25, 0.3) is 0 Å². The Balaban J connectivity index is 0.00000121. The SMILES string of the molecule is Cl.Cl.Nc1nc(Cc2cnc(NCc3ccccc3)s2)cs1. The number of nitrogens with two attached hydrogens (primary N) is 1. The molecule has 0 unspecified atom stereocenters. The molecule has 2 aromatic heterocycles. The molecule has 0 spiro atoms. The van der Waals surface area contributed by atoms with Crippen LogP contribution in [0.3, 0.4) is 0 Å². The molecule has 3 aromatic rings. The van der Waals surface area contributed by atoms with Crippen LogP contribution in [-0.4, -0.2) is 9.97 Å². The fraction of sp³-hybridized carbons (Fsp3) is 0.143. The van der Waals surface area contributed by atoms with E-state index < -0.39 is 0 Å². The summed E-state index contributed by atoms with van der Waals surface area (Å²) in [6, 6.07) is 10.3. The van der Waals surface area contributed by atoms with Gasteiger partial charge in [-0.15, -0.1) is 47.5 Å². The number of anilines is 2. The number of nitrogens with zero attached hydrogens (tertiary/aromatic N) is 2. The molecule has 118 valence electrons. The van der Waals surface area contributed by atoms with Crippen molar-refractivity contribution in [2.45, 2.75) is 13.0 Å². The van der Waals surface area contributed by atoms with Crippen LogP contribution in [0.2, 0.25) is 0 Å². The van der Waals surface area contributed by atoms with Gasteiger partial charge in [-0.2, -0.15) is 0 Å². The van der Waals surface area contributed by atoms with Gasteiger partial charge < -0.3 is 11.1 Å². The number of hydrogen-bond donors (Lipinski definition) is 2. The van der Waals surface area contributed by atoms with Crippen molar-refractivity contribution in [3.63, 3.8) is 0 Å². The van der Waals surface area contributed by atoms with Gasteiger partial charge in [0.25, 0.3) is 0 Å². The summed E-state index contributed by atoms with van der Waals surface area (Å²) in [5, 5.41) is 6.88. The summed E-state index contributed by atoms with van der Waals surface area (Å²) in [5.74, 6) is 0. The Hall–Kier alpha value is -1.34. The van der Waals surface area contributed by atoms with E-state index >= 15 is 0 Å². The first-order chi connectivity index (χ1) is 9.79. The zero-order valence-electron chi connectivity index (χ0n) is 11.6. The summed E-state index contributed by atoms with van der Waals surface area (Å²) in [5.41, 5.74) is 7.88. The molecule has 0 fully saturated rings. The number of thiazole rings is 2. The van der Waals surface area contributed by atoms with E-state index in [1.54, 1.807) is 11.3 Å². The Labute approximate surface area is 149 Å². The van der Waals surface area contributed by atoms with Crippen LogP contribution >= 0.6 is 47.5 Å². The van der Waals surface area contributed by atoms with Gasteiger partial charge >= 0.3 is 0 Å². The third-order valence-corrected chi connectivity index (χ3v) is 4.44. The quantitative estimate of drug-likeness (QED) is 0.701. The molecule has 0 aliphatic rings. The minimum absolute atomic E-state index is 0. The van der Waals surface area contributed by atoms with Crippen molar-refractivity contribution >= 4 is 57.8 Å². The summed E-state index contributed by atoms with van der Waals surface area (Å²) in [7, 11) is 0. The highest BCUT2D eigenvalue weighted by molar-refractivity contribution is 7.15. The maximum Gasteiger partial charge on any atom is 0.183 e. The molecule has 4 nitrogen and oxygen atoms in total. The van der Waals surface area contributed by atoms with Crippen molar-refractivity contribution in [3.8, 4) is 0 Å².